The number of benzene rings is 2. The summed E-state index contributed by atoms with van der Waals surface area (Å²) in [6, 6.07) is 14.3. The first-order chi connectivity index (χ1) is 16.0. The lowest BCUT2D eigenvalue weighted by Gasteiger charge is -2.20. The highest BCUT2D eigenvalue weighted by Crippen LogP contribution is 2.22. The van der Waals surface area contributed by atoms with Crippen LogP contribution in [0, 0.1) is 0 Å². The van der Waals surface area contributed by atoms with Gasteiger partial charge in [-0.05, 0) is 80.7 Å². The van der Waals surface area contributed by atoms with Crippen molar-refractivity contribution in [3.8, 4) is 0 Å². The van der Waals surface area contributed by atoms with E-state index >= 15 is 0 Å². The Hall–Kier alpha value is -2.22. The van der Waals surface area contributed by atoms with Crippen molar-refractivity contribution in [2.45, 2.75) is 62.8 Å². The molecule has 0 radical (unpaired) electrons. The lowest BCUT2D eigenvalue weighted by molar-refractivity contribution is 0.102. The van der Waals surface area contributed by atoms with Crippen molar-refractivity contribution in [1.82, 2.24) is 9.21 Å². The van der Waals surface area contributed by atoms with Crippen LogP contribution in [0.5, 0.6) is 0 Å². The lowest BCUT2D eigenvalue weighted by atomic mass is 10.1. The van der Waals surface area contributed by atoms with Gasteiger partial charge in [-0.3, -0.25) is 9.69 Å². The van der Waals surface area contributed by atoms with Crippen molar-refractivity contribution >= 4 is 21.6 Å². The summed E-state index contributed by atoms with van der Waals surface area (Å²) in [5, 5.41) is 2.88. The minimum atomic E-state index is -3.49. The summed E-state index contributed by atoms with van der Waals surface area (Å²) in [5.41, 5.74) is 2.40. The molecular weight excluding hydrogens is 434 g/mol. The first kappa shape index (κ1) is 23.9. The van der Waals surface area contributed by atoms with Crippen LogP contribution in [0.1, 0.15) is 67.3 Å². The van der Waals surface area contributed by atoms with Gasteiger partial charge >= 0.3 is 0 Å². The first-order valence-electron chi connectivity index (χ1n) is 12.3. The molecule has 2 aliphatic rings. The number of carbonyl (C=O) groups is 1. The number of carbonyl (C=O) groups excluding carboxylic acids is 1. The fourth-order valence-corrected chi connectivity index (χ4v) is 6.18. The average molecular weight is 470 g/mol. The molecule has 0 unspecified atom stereocenters. The Kier molecular flexibility index (Phi) is 8.17. The molecule has 7 heteroatoms. The van der Waals surface area contributed by atoms with Crippen LogP contribution >= 0.6 is 0 Å². The number of rotatable bonds is 6. The first-order valence-corrected chi connectivity index (χ1v) is 13.7. The summed E-state index contributed by atoms with van der Waals surface area (Å²) in [6.07, 6.45) is 9.14. The summed E-state index contributed by atoms with van der Waals surface area (Å²) in [6.45, 7) is 4.37. The highest BCUT2D eigenvalue weighted by Gasteiger charge is 2.25. The minimum Gasteiger partial charge on any atom is -0.322 e. The number of likely N-dealkylation sites (tertiary alicyclic amines) is 1. The van der Waals surface area contributed by atoms with Gasteiger partial charge in [0.05, 0.1) is 4.90 Å². The number of sulfonamides is 1. The second-order valence-corrected chi connectivity index (χ2v) is 11.1. The van der Waals surface area contributed by atoms with Gasteiger partial charge < -0.3 is 5.32 Å². The van der Waals surface area contributed by atoms with E-state index in [0.717, 1.165) is 45.3 Å². The predicted octanol–water partition coefficient (Wildman–Crippen LogP) is 4.88. The van der Waals surface area contributed by atoms with Gasteiger partial charge in [0, 0.05) is 30.9 Å². The summed E-state index contributed by atoms with van der Waals surface area (Å²) in [5.74, 6) is -0.195. The molecule has 2 aromatic carbocycles. The van der Waals surface area contributed by atoms with E-state index in [1.165, 1.54) is 31.2 Å². The monoisotopic (exact) mass is 469 g/mol. The number of anilines is 1. The maximum atomic E-state index is 12.9. The fourth-order valence-electron chi connectivity index (χ4n) is 4.66. The molecule has 0 atom stereocenters. The van der Waals surface area contributed by atoms with Gasteiger partial charge in [0.2, 0.25) is 10.0 Å². The van der Waals surface area contributed by atoms with E-state index in [4.69, 9.17) is 0 Å². The third-order valence-corrected chi connectivity index (χ3v) is 8.55. The summed E-state index contributed by atoms with van der Waals surface area (Å²) in [4.78, 5) is 15.4. The molecule has 0 spiro atoms. The van der Waals surface area contributed by atoms with Crippen molar-refractivity contribution in [2.24, 2.45) is 0 Å². The molecule has 33 heavy (non-hydrogen) atoms. The average Bonchev–Trinajstić information content (AvgIpc) is 3.26. The van der Waals surface area contributed by atoms with Crippen LogP contribution in [-0.4, -0.2) is 49.7 Å². The van der Waals surface area contributed by atoms with E-state index in [9.17, 15) is 13.2 Å². The Morgan fingerprint density at radius 1 is 0.727 bits per heavy atom. The Balaban J connectivity index is 1.35. The molecule has 2 fully saturated rings. The van der Waals surface area contributed by atoms with Gasteiger partial charge in [0.15, 0.2) is 0 Å². The molecule has 6 nitrogen and oxygen atoms in total. The zero-order valence-electron chi connectivity index (χ0n) is 19.3. The molecule has 2 saturated heterocycles. The topological polar surface area (TPSA) is 69.7 Å². The van der Waals surface area contributed by atoms with Gasteiger partial charge in [0.25, 0.3) is 5.91 Å². The maximum absolute atomic E-state index is 12.9. The van der Waals surface area contributed by atoms with Crippen LogP contribution in [0.3, 0.4) is 0 Å². The Morgan fingerprint density at radius 3 is 1.85 bits per heavy atom. The molecule has 2 aromatic rings. The van der Waals surface area contributed by atoms with Crippen molar-refractivity contribution in [2.75, 3.05) is 31.5 Å². The van der Waals surface area contributed by atoms with Gasteiger partial charge in [-0.2, -0.15) is 4.31 Å². The highest BCUT2D eigenvalue weighted by molar-refractivity contribution is 7.89. The van der Waals surface area contributed by atoms with Crippen LogP contribution < -0.4 is 5.32 Å². The van der Waals surface area contributed by atoms with Crippen LogP contribution in [-0.2, 0) is 16.6 Å². The van der Waals surface area contributed by atoms with Crippen LogP contribution in [0.4, 0.5) is 5.69 Å². The molecule has 2 heterocycles. The van der Waals surface area contributed by atoms with Gasteiger partial charge in [-0.1, -0.05) is 37.8 Å². The standard InChI is InChI=1S/C26H35N3O3S/c30-26(23-11-9-22(10-12-23)21-28-17-5-1-2-6-18-28)27-24-13-15-25(16-14-24)33(31,32)29-19-7-3-4-8-20-29/h9-16H,1-8,17-21H2,(H,27,30). The molecule has 0 aliphatic carbocycles. The second-order valence-electron chi connectivity index (χ2n) is 9.18. The van der Waals surface area contributed by atoms with Crippen LogP contribution in [0.15, 0.2) is 53.4 Å². The second kappa shape index (κ2) is 11.3. The molecule has 1 amide bonds. The molecule has 1 N–H and O–H groups in total. The van der Waals surface area contributed by atoms with Crippen molar-refractivity contribution in [3.63, 3.8) is 0 Å². The number of amides is 1. The number of nitrogens with zero attached hydrogens (tertiary/aromatic N) is 2. The van der Waals surface area contributed by atoms with E-state index in [0.29, 0.717) is 24.3 Å². The minimum absolute atomic E-state index is 0.195. The number of hydrogen-bond donors (Lipinski definition) is 1. The zero-order valence-corrected chi connectivity index (χ0v) is 20.2. The largest absolute Gasteiger partial charge is 0.322 e. The van der Waals surface area contributed by atoms with Gasteiger partial charge in [0.1, 0.15) is 0 Å². The smallest absolute Gasteiger partial charge is 0.255 e. The molecule has 0 saturated carbocycles. The third kappa shape index (κ3) is 6.43. The number of hydrogen-bond acceptors (Lipinski definition) is 4. The highest BCUT2D eigenvalue weighted by atomic mass is 32.2. The van der Waals surface area contributed by atoms with Gasteiger partial charge in [-0.15, -0.1) is 0 Å². The zero-order chi connectivity index (χ0) is 23.1. The fraction of sp³-hybridized carbons (Fsp3) is 0.500. The predicted molar refractivity (Wildman–Crippen MR) is 132 cm³/mol. The normalized spacial score (nSPS) is 18.9. The quantitative estimate of drug-likeness (QED) is 0.655. The summed E-state index contributed by atoms with van der Waals surface area (Å²) in [7, 11) is -3.49. The number of nitrogens with one attached hydrogen (secondary N) is 1. The molecule has 0 bridgehead atoms. The molecule has 2 aliphatic heterocycles. The van der Waals surface area contributed by atoms with E-state index in [-0.39, 0.29) is 10.8 Å². The van der Waals surface area contributed by atoms with Crippen molar-refractivity contribution < 1.29 is 13.2 Å². The molecule has 178 valence electrons. The van der Waals surface area contributed by atoms with Gasteiger partial charge in [-0.25, -0.2) is 8.42 Å². The summed E-state index contributed by atoms with van der Waals surface area (Å²) < 4.78 is 27.4. The van der Waals surface area contributed by atoms with Crippen molar-refractivity contribution in [3.05, 3.63) is 59.7 Å². The molecule has 4 rings (SSSR count). The third-order valence-electron chi connectivity index (χ3n) is 6.64. The lowest BCUT2D eigenvalue weighted by Crippen LogP contribution is -2.31. The molecular formula is C26H35N3O3S. The SMILES string of the molecule is O=C(Nc1ccc(S(=O)(=O)N2CCCCCC2)cc1)c1ccc(CN2CCCCCC2)cc1. The summed E-state index contributed by atoms with van der Waals surface area (Å²) >= 11 is 0. The van der Waals surface area contributed by atoms with E-state index in [1.54, 1.807) is 28.6 Å². The van der Waals surface area contributed by atoms with Crippen LogP contribution in [0.25, 0.3) is 0 Å². The maximum Gasteiger partial charge on any atom is 0.255 e. The van der Waals surface area contributed by atoms with E-state index in [2.05, 4.69) is 10.2 Å². The van der Waals surface area contributed by atoms with E-state index < -0.39 is 10.0 Å². The Bertz CT molecular complexity index is 1000. The Morgan fingerprint density at radius 2 is 1.27 bits per heavy atom. The van der Waals surface area contributed by atoms with E-state index in [1.807, 2.05) is 24.3 Å². The molecule has 0 aromatic heterocycles. The Labute approximate surface area is 198 Å². The van der Waals surface area contributed by atoms with Crippen molar-refractivity contribution in [1.29, 1.82) is 0 Å². The van der Waals surface area contributed by atoms with Crippen LogP contribution in [0.2, 0.25) is 0 Å².